The summed E-state index contributed by atoms with van der Waals surface area (Å²) in [7, 11) is 3.94. The summed E-state index contributed by atoms with van der Waals surface area (Å²) in [5.41, 5.74) is 1.77. The van der Waals surface area contributed by atoms with Gasteiger partial charge in [-0.25, -0.2) is 0 Å². The maximum absolute atomic E-state index is 12.2. The molecule has 0 radical (unpaired) electrons. The monoisotopic (exact) mass is 250 g/mol. The molecule has 0 aliphatic carbocycles. The quantitative estimate of drug-likeness (QED) is 0.834. The topological polar surface area (TPSA) is 43.8 Å². The molecule has 0 aromatic heterocycles. The number of aliphatic hydroxyl groups is 1. The minimum Gasteiger partial charge on any atom is -0.396 e. The van der Waals surface area contributed by atoms with Crippen molar-refractivity contribution in [1.82, 2.24) is 4.90 Å². The van der Waals surface area contributed by atoms with Crippen LogP contribution in [0.3, 0.4) is 0 Å². The molecule has 0 saturated carbocycles. The van der Waals surface area contributed by atoms with E-state index in [1.165, 1.54) is 0 Å². The second-order valence-electron chi connectivity index (χ2n) is 4.40. The van der Waals surface area contributed by atoms with Gasteiger partial charge in [-0.2, -0.15) is 0 Å². The van der Waals surface area contributed by atoms with Gasteiger partial charge in [-0.15, -0.1) is 0 Å². The third-order valence-electron chi connectivity index (χ3n) is 2.89. The predicted molar refractivity (Wildman–Crippen MR) is 74.0 cm³/mol. The fraction of sp³-hybridized carbons (Fsp3) is 0.500. The molecule has 0 atom stereocenters. The van der Waals surface area contributed by atoms with Gasteiger partial charge in [0.05, 0.1) is 0 Å². The SMILES string of the molecule is CCN(CCCO)C(=O)c1ccc(N(C)C)cc1. The van der Waals surface area contributed by atoms with E-state index in [0.29, 0.717) is 25.1 Å². The number of carbonyl (C=O) groups excluding carboxylic acids is 1. The van der Waals surface area contributed by atoms with Gasteiger partial charge >= 0.3 is 0 Å². The van der Waals surface area contributed by atoms with Crippen molar-refractivity contribution in [2.45, 2.75) is 13.3 Å². The molecule has 0 saturated heterocycles. The van der Waals surface area contributed by atoms with E-state index in [9.17, 15) is 4.79 Å². The average molecular weight is 250 g/mol. The number of aliphatic hydroxyl groups excluding tert-OH is 1. The number of hydrogen-bond acceptors (Lipinski definition) is 3. The fourth-order valence-corrected chi connectivity index (χ4v) is 1.75. The Labute approximate surface area is 109 Å². The summed E-state index contributed by atoms with van der Waals surface area (Å²) in [6.07, 6.45) is 0.620. The highest BCUT2D eigenvalue weighted by atomic mass is 16.3. The first-order valence-corrected chi connectivity index (χ1v) is 6.27. The van der Waals surface area contributed by atoms with E-state index in [4.69, 9.17) is 5.11 Å². The maximum atomic E-state index is 12.2. The molecule has 1 rings (SSSR count). The van der Waals surface area contributed by atoms with Crippen LogP contribution >= 0.6 is 0 Å². The van der Waals surface area contributed by atoms with Crippen molar-refractivity contribution in [3.63, 3.8) is 0 Å². The van der Waals surface area contributed by atoms with E-state index in [2.05, 4.69) is 0 Å². The second kappa shape index (κ2) is 7.01. The minimum absolute atomic E-state index is 0.0243. The number of carbonyl (C=O) groups is 1. The molecule has 1 aromatic rings. The Bertz CT molecular complexity index is 374. The van der Waals surface area contributed by atoms with Gasteiger partial charge < -0.3 is 14.9 Å². The Hall–Kier alpha value is -1.55. The normalized spacial score (nSPS) is 10.2. The van der Waals surface area contributed by atoms with Crippen molar-refractivity contribution in [2.24, 2.45) is 0 Å². The first kappa shape index (κ1) is 14.5. The highest BCUT2D eigenvalue weighted by molar-refractivity contribution is 5.94. The Morgan fingerprint density at radius 3 is 2.28 bits per heavy atom. The smallest absolute Gasteiger partial charge is 0.253 e. The molecule has 100 valence electrons. The van der Waals surface area contributed by atoms with Crippen molar-refractivity contribution in [1.29, 1.82) is 0 Å². The highest BCUT2D eigenvalue weighted by Crippen LogP contribution is 2.13. The van der Waals surface area contributed by atoms with Crippen LogP contribution in [0, 0.1) is 0 Å². The van der Waals surface area contributed by atoms with E-state index in [1.807, 2.05) is 50.2 Å². The Balaban J connectivity index is 2.75. The molecular weight excluding hydrogens is 228 g/mol. The minimum atomic E-state index is 0.0243. The number of benzene rings is 1. The lowest BCUT2D eigenvalue weighted by atomic mass is 10.1. The van der Waals surface area contributed by atoms with Gasteiger partial charge in [-0.3, -0.25) is 4.79 Å². The number of rotatable bonds is 6. The van der Waals surface area contributed by atoms with E-state index in [0.717, 1.165) is 5.69 Å². The highest BCUT2D eigenvalue weighted by Gasteiger charge is 2.13. The van der Waals surface area contributed by atoms with Crippen LogP contribution in [-0.4, -0.2) is 49.7 Å². The number of amides is 1. The van der Waals surface area contributed by atoms with E-state index >= 15 is 0 Å². The summed E-state index contributed by atoms with van der Waals surface area (Å²) in [5.74, 6) is 0.0243. The number of anilines is 1. The molecule has 0 aliphatic heterocycles. The van der Waals surface area contributed by atoms with Gasteiger partial charge in [0.2, 0.25) is 0 Å². The fourth-order valence-electron chi connectivity index (χ4n) is 1.75. The Kier molecular flexibility index (Phi) is 5.65. The van der Waals surface area contributed by atoms with Gasteiger partial charge in [0.25, 0.3) is 5.91 Å². The zero-order chi connectivity index (χ0) is 13.5. The average Bonchev–Trinajstić information content (AvgIpc) is 2.39. The summed E-state index contributed by atoms with van der Waals surface area (Å²) in [5, 5.41) is 8.82. The van der Waals surface area contributed by atoms with Gasteiger partial charge in [0, 0.05) is 45.0 Å². The van der Waals surface area contributed by atoms with E-state index in [-0.39, 0.29) is 12.5 Å². The molecule has 4 nitrogen and oxygen atoms in total. The zero-order valence-corrected chi connectivity index (χ0v) is 11.4. The lowest BCUT2D eigenvalue weighted by Gasteiger charge is -2.21. The largest absolute Gasteiger partial charge is 0.396 e. The molecule has 1 N–H and O–H groups in total. The molecule has 0 fully saturated rings. The second-order valence-corrected chi connectivity index (χ2v) is 4.40. The standard InChI is InChI=1S/C14H22N2O2/c1-4-16(10-5-11-17)14(18)12-6-8-13(9-7-12)15(2)3/h6-9,17H,4-5,10-11H2,1-3H3. The summed E-state index contributed by atoms with van der Waals surface area (Å²) in [6, 6.07) is 7.57. The van der Waals surface area contributed by atoms with Crippen LogP contribution in [0.15, 0.2) is 24.3 Å². The van der Waals surface area contributed by atoms with Crippen LogP contribution in [0.2, 0.25) is 0 Å². The maximum Gasteiger partial charge on any atom is 0.253 e. The molecule has 1 amide bonds. The third-order valence-corrected chi connectivity index (χ3v) is 2.89. The number of nitrogens with zero attached hydrogens (tertiary/aromatic N) is 2. The molecular formula is C14H22N2O2. The summed E-state index contributed by atoms with van der Waals surface area (Å²) < 4.78 is 0. The predicted octanol–water partition coefficient (Wildman–Crippen LogP) is 1.60. The molecule has 0 bridgehead atoms. The first-order chi connectivity index (χ1) is 8.60. The van der Waals surface area contributed by atoms with E-state index in [1.54, 1.807) is 4.90 Å². The summed E-state index contributed by atoms with van der Waals surface area (Å²) in [6.45, 7) is 3.32. The lowest BCUT2D eigenvalue weighted by Crippen LogP contribution is -2.32. The van der Waals surface area contributed by atoms with Gasteiger partial charge in [0.1, 0.15) is 0 Å². The molecule has 18 heavy (non-hydrogen) atoms. The van der Waals surface area contributed by atoms with Crippen LogP contribution < -0.4 is 4.90 Å². The van der Waals surface area contributed by atoms with Crippen molar-refractivity contribution >= 4 is 11.6 Å². The summed E-state index contributed by atoms with van der Waals surface area (Å²) >= 11 is 0. The van der Waals surface area contributed by atoms with E-state index < -0.39 is 0 Å². The van der Waals surface area contributed by atoms with Gasteiger partial charge in [-0.05, 0) is 37.6 Å². The van der Waals surface area contributed by atoms with Crippen molar-refractivity contribution < 1.29 is 9.90 Å². The molecule has 0 heterocycles. The van der Waals surface area contributed by atoms with Crippen LogP contribution in [0.1, 0.15) is 23.7 Å². The third kappa shape index (κ3) is 3.74. The lowest BCUT2D eigenvalue weighted by molar-refractivity contribution is 0.0754. The molecule has 4 heteroatoms. The molecule has 0 spiro atoms. The van der Waals surface area contributed by atoms with Crippen LogP contribution in [0.4, 0.5) is 5.69 Å². The van der Waals surface area contributed by atoms with Gasteiger partial charge in [0.15, 0.2) is 0 Å². The van der Waals surface area contributed by atoms with Crippen LogP contribution in [-0.2, 0) is 0 Å². The first-order valence-electron chi connectivity index (χ1n) is 6.27. The van der Waals surface area contributed by atoms with Crippen LogP contribution in [0.5, 0.6) is 0 Å². The number of hydrogen-bond donors (Lipinski definition) is 1. The molecule has 0 unspecified atom stereocenters. The summed E-state index contributed by atoms with van der Waals surface area (Å²) in [4.78, 5) is 15.9. The molecule has 0 aliphatic rings. The van der Waals surface area contributed by atoms with Crippen molar-refractivity contribution in [2.75, 3.05) is 38.7 Å². The van der Waals surface area contributed by atoms with Crippen LogP contribution in [0.25, 0.3) is 0 Å². The Morgan fingerprint density at radius 1 is 1.22 bits per heavy atom. The Morgan fingerprint density at radius 2 is 1.83 bits per heavy atom. The van der Waals surface area contributed by atoms with Gasteiger partial charge in [-0.1, -0.05) is 0 Å². The van der Waals surface area contributed by atoms with Crippen molar-refractivity contribution in [3.8, 4) is 0 Å². The van der Waals surface area contributed by atoms with Crippen molar-refractivity contribution in [3.05, 3.63) is 29.8 Å². The zero-order valence-electron chi connectivity index (χ0n) is 11.4. The molecule has 1 aromatic carbocycles.